The molecule has 44 valence electrons. The van der Waals surface area contributed by atoms with Crippen LogP contribution >= 0.6 is 22.6 Å². The number of ether oxygens (including phenoxy) is 2. The van der Waals surface area contributed by atoms with E-state index < -0.39 is 0 Å². The summed E-state index contributed by atoms with van der Waals surface area (Å²) in [7, 11) is 0. The van der Waals surface area contributed by atoms with Gasteiger partial charge in [0, 0.05) is 6.61 Å². The predicted molar refractivity (Wildman–Crippen MR) is 36.5 cm³/mol. The third-order valence-corrected chi connectivity index (χ3v) is 0.888. The molecule has 7 heavy (non-hydrogen) atoms. The van der Waals surface area contributed by atoms with Gasteiger partial charge in [0.1, 0.15) is 11.4 Å². The highest BCUT2D eigenvalue weighted by Crippen LogP contribution is 1.82. The molecule has 0 aromatic rings. The maximum Gasteiger partial charge on any atom is 0.147 e. The van der Waals surface area contributed by atoms with Gasteiger partial charge < -0.3 is 9.47 Å². The van der Waals surface area contributed by atoms with Crippen molar-refractivity contribution in [2.24, 2.45) is 0 Å². The first-order valence-electron chi connectivity index (χ1n) is 2.13. The van der Waals surface area contributed by atoms with Crippen LogP contribution in [0.3, 0.4) is 0 Å². The van der Waals surface area contributed by atoms with E-state index in [0.717, 1.165) is 6.61 Å². The molecule has 0 saturated carbocycles. The molecule has 0 bridgehead atoms. The van der Waals surface area contributed by atoms with E-state index in [1.807, 2.05) is 6.92 Å². The minimum Gasteiger partial charge on any atom is -0.356 e. The number of rotatable bonds is 4. The Morgan fingerprint density at radius 2 is 2.14 bits per heavy atom. The molecule has 3 heteroatoms. The van der Waals surface area contributed by atoms with Crippen molar-refractivity contribution in [3.8, 4) is 0 Å². The summed E-state index contributed by atoms with van der Waals surface area (Å²) in [6.45, 7) is 3.10. The predicted octanol–water partition coefficient (Wildman–Crippen LogP) is 1.39. The molecule has 0 unspecified atom stereocenters. The minimum absolute atomic E-state index is 0.430. The minimum atomic E-state index is 0.430. The summed E-state index contributed by atoms with van der Waals surface area (Å²) in [5, 5.41) is 0. The average Bonchev–Trinajstić information content (AvgIpc) is 1.69. The third-order valence-electron chi connectivity index (χ3n) is 0.448. The molecule has 0 rings (SSSR count). The summed E-state index contributed by atoms with van der Waals surface area (Å²) in [5.41, 5.74) is 0. The van der Waals surface area contributed by atoms with Crippen LogP contribution < -0.4 is 0 Å². The molecule has 0 aromatic heterocycles. The van der Waals surface area contributed by atoms with E-state index in [2.05, 4.69) is 22.6 Å². The summed E-state index contributed by atoms with van der Waals surface area (Å²) in [4.78, 5) is 0. The lowest BCUT2D eigenvalue weighted by molar-refractivity contribution is -0.0280. The summed E-state index contributed by atoms with van der Waals surface area (Å²) >= 11 is 2.12. The van der Waals surface area contributed by atoms with Crippen LogP contribution in [0.4, 0.5) is 0 Å². The van der Waals surface area contributed by atoms with Gasteiger partial charge in [0.25, 0.3) is 0 Å². The van der Waals surface area contributed by atoms with Gasteiger partial charge in [-0.05, 0) is 6.92 Å². The van der Waals surface area contributed by atoms with Gasteiger partial charge in [0.15, 0.2) is 0 Å². The van der Waals surface area contributed by atoms with E-state index >= 15 is 0 Å². The number of hydrogen-bond donors (Lipinski definition) is 0. The van der Waals surface area contributed by atoms with E-state index in [-0.39, 0.29) is 0 Å². The molecular weight excluding hydrogens is 207 g/mol. The maximum atomic E-state index is 4.85. The zero-order valence-corrected chi connectivity index (χ0v) is 6.47. The Balaban J connectivity index is 2.45. The van der Waals surface area contributed by atoms with Crippen molar-refractivity contribution in [1.82, 2.24) is 0 Å². The van der Waals surface area contributed by atoms with Gasteiger partial charge in [-0.15, -0.1) is 0 Å². The fraction of sp³-hybridized carbons (Fsp3) is 1.00. The van der Waals surface area contributed by atoms with Gasteiger partial charge >= 0.3 is 0 Å². The second-order valence-corrected chi connectivity index (χ2v) is 1.55. The average molecular weight is 216 g/mol. The quantitative estimate of drug-likeness (QED) is 0.306. The van der Waals surface area contributed by atoms with E-state index in [9.17, 15) is 0 Å². The van der Waals surface area contributed by atoms with Crippen molar-refractivity contribution in [3.63, 3.8) is 0 Å². The third kappa shape index (κ3) is 6.65. The Hall–Kier alpha value is 0.650. The molecule has 0 saturated heterocycles. The van der Waals surface area contributed by atoms with Gasteiger partial charge in [0.05, 0.1) is 0 Å². The Bertz CT molecular complexity index is 28.9. The topological polar surface area (TPSA) is 18.5 Å². The Morgan fingerprint density at radius 3 is 2.57 bits per heavy atom. The molecule has 0 spiro atoms. The molecule has 0 aromatic carbocycles. The van der Waals surface area contributed by atoms with Gasteiger partial charge in [-0.3, -0.25) is 0 Å². The van der Waals surface area contributed by atoms with Crippen molar-refractivity contribution in [2.45, 2.75) is 6.92 Å². The van der Waals surface area contributed by atoms with Crippen LogP contribution in [0.2, 0.25) is 0 Å². The van der Waals surface area contributed by atoms with E-state index in [4.69, 9.17) is 9.47 Å². The van der Waals surface area contributed by atoms with E-state index in [1.54, 1.807) is 0 Å². The van der Waals surface area contributed by atoms with Crippen molar-refractivity contribution >= 4 is 22.6 Å². The second-order valence-electron chi connectivity index (χ2n) is 0.924. The molecule has 0 amide bonds. The van der Waals surface area contributed by atoms with Crippen LogP contribution in [0.25, 0.3) is 0 Å². The summed E-state index contributed by atoms with van der Waals surface area (Å²) < 4.78 is 10.4. The molecule has 0 aliphatic rings. The zero-order valence-electron chi connectivity index (χ0n) is 4.32. The lowest BCUT2D eigenvalue weighted by Crippen LogP contribution is -1.96. The molecule has 0 heterocycles. The highest BCUT2D eigenvalue weighted by atomic mass is 127. The fourth-order valence-electron chi connectivity index (χ4n) is 0.174. The summed E-state index contributed by atoms with van der Waals surface area (Å²) in [6, 6.07) is 0. The SMILES string of the molecule is CCOCOCI. The molecular formula is C4H9IO2. The lowest BCUT2D eigenvalue weighted by atomic mass is 10.9. The summed E-state index contributed by atoms with van der Waals surface area (Å²) in [6.07, 6.45) is 0. The van der Waals surface area contributed by atoms with Crippen molar-refractivity contribution < 1.29 is 9.47 Å². The van der Waals surface area contributed by atoms with Crippen LogP contribution in [0.1, 0.15) is 6.92 Å². The van der Waals surface area contributed by atoms with Crippen LogP contribution in [-0.2, 0) is 9.47 Å². The smallest absolute Gasteiger partial charge is 0.147 e. The number of hydrogen-bond acceptors (Lipinski definition) is 2. The van der Waals surface area contributed by atoms with Crippen LogP contribution in [0.5, 0.6) is 0 Å². The van der Waals surface area contributed by atoms with Gasteiger partial charge in [-0.2, -0.15) is 0 Å². The Kier molecular flexibility index (Phi) is 7.27. The zero-order chi connectivity index (χ0) is 5.54. The molecule has 0 N–H and O–H groups in total. The Labute approximate surface area is 57.3 Å². The van der Waals surface area contributed by atoms with Gasteiger partial charge in [-0.1, -0.05) is 22.6 Å². The summed E-state index contributed by atoms with van der Waals surface area (Å²) in [5.74, 6) is 0. The molecule has 0 aliphatic carbocycles. The van der Waals surface area contributed by atoms with E-state index in [0.29, 0.717) is 11.4 Å². The number of halogens is 1. The van der Waals surface area contributed by atoms with Crippen LogP contribution in [-0.4, -0.2) is 18.0 Å². The lowest BCUT2D eigenvalue weighted by Gasteiger charge is -1.96. The van der Waals surface area contributed by atoms with Gasteiger partial charge in [0.2, 0.25) is 0 Å². The molecule has 2 nitrogen and oxygen atoms in total. The van der Waals surface area contributed by atoms with Crippen LogP contribution in [0.15, 0.2) is 0 Å². The monoisotopic (exact) mass is 216 g/mol. The Morgan fingerprint density at radius 1 is 1.43 bits per heavy atom. The maximum absolute atomic E-state index is 4.85. The molecule has 0 atom stereocenters. The largest absolute Gasteiger partial charge is 0.356 e. The first-order chi connectivity index (χ1) is 3.41. The van der Waals surface area contributed by atoms with Gasteiger partial charge in [-0.25, -0.2) is 0 Å². The van der Waals surface area contributed by atoms with Crippen molar-refractivity contribution in [3.05, 3.63) is 0 Å². The van der Waals surface area contributed by atoms with Crippen molar-refractivity contribution in [1.29, 1.82) is 0 Å². The number of alkyl halides is 1. The van der Waals surface area contributed by atoms with Crippen molar-refractivity contribution in [2.75, 3.05) is 18.0 Å². The fourth-order valence-corrected chi connectivity index (χ4v) is 0.354. The highest BCUT2D eigenvalue weighted by Gasteiger charge is 1.77. The first-order valence-corrected chi connectivity index (χ1v) is 3.65. The molecule has 0 fully saturated rings. The van der Waals surface area contributed by atoms with Crippen LogP contribution in [0, 0.1) is 0 Å². The first kappa shape index (κ1) is 7.65. The van der Waals surface area contributed by atoms with E-state index in [1.165, 1.54) is 0 Å². The normalized spacial score (nSPS) is 9.43. The highest BCUT2D eigenvalue weighted by molar-refractivity contribution is 14.1. The second kappa shape index (κ2) is 6.65. The molecule has 0 radical (unpaired) electrons. The molecule has 0 aliphatic heterocycles. The standard InChI is InChI=1S/C4H9IO2/c1-2-6-4-7-3-5/h2-4H2,1H3.